The Bertz CT molecular complexity index is 435. The summed E-state index contributed by atoms with van der Waals surface area (Å²) in [4.78, 5) is 0. The van der Waals surface area contributed by atoms with Crippen molar-refractivity contribution in [3.63, 3.8) is 0 Å². The molecule has 0 saturated heterocycles. The maximum absolute atomic E-state index is 12.2. The van der Waals surface area contributed by atoms with Gasteiger partial charge in [0.15, 0.2) is 0 Å². The monoisotopic (exact) mass is 311 g/mol. The van der Waals surface area contributed by atoms with Crippen molar-refractivity contribution in [1.82, 2.24) is 5.32 Å². The van der Waals surface area contributed by atoms with Crippen LogP contribution in [0.3, 0.4) is 0 Å². The molecule has 0 bridgehead atoms. The lowest BCUT2D eigenvalue weighted by atomic mass is 10.1. The third kappa shape index (κ3) is 7.09. The third-order valence-corrected chi connectivity index (χ3v) is 4.77. The second-order valence-corrected chi connectivity index (χ2v) is 6.89. The quantitative estimate of drug-likeness (QED) is 0.634. The molecule has 0 spiro atoms. The van der Waals surface area contributed by atoms with Crippen LogP contribution in [0.15, 0.2) is 18.2 Å². The van der Waals surface area contributed by atoms with Crippen LogP contribution < -0.4 is 10.1 Å². The van der Waals surface area contributed by atoms with Crippen LogP contribution >= 0.6 is 0 Å². The van der Waals surface area contributed by atoms with Gasteiger partial charge in [0.1, 0.15) is 5.75 Å². The van der Waals surface area contributed by atoms with E-state index in [1.165, 1.54) is 12.0 Å². The Morgan fingerprint density at radius 1 is 1.19 bits per heavy atom. The van der Waals surface area contributed by atoms with Gasteiger partial charge in [-0.3, -0.25) is 4.21 Å². The molecule has 120 valence electrons. The Balaban J connectivity index is 2.64. The van der Waals surface area contributed by atoms with Crippen LogP contribution in [-0.4, -0.2) is 23.6 Å². The van der Waals surface area contributed by atoms with Gasteiger partial charge in [-0.05, 0) is 37.1 Å². The van der Waals surface area contributed by atoms with E-state index in [4.69, 9.17) is 4.74 Å². The molecule has 1 N–H and O–H groups in total. The van der Waals surface area contributed by atoms with Crippen LogP contribution in [-0.2, 0) is 23.1 Å². The molecule has 0 aromatic heterocycles. The highest BCUT2D eigenvalue weighted by Crippen LogP contribution is 2.22. The number of rotatable bonds is 11. The summed E-state index contributed by atoms with van der Waals surface area (Å²) in [5.41, 5.74) is 2.29. The molecule has 0 aliphatic rings. The first-order valence-electron chi connectivity index (χ1n) is 7.92. The first kappa shape index (κ1) is 18.2. The molecule has 0 amide bonds. The first-order chi connectivity index (χ1) is 10.2. The van der Waals surface area contributed by atoms with E-state index in [2.05, 4.69) is 31.3 Å². The molecule has 0 heterocycles. The van der Waals surface area contributed by atoms with Crippen molar-refractivity contribution in [2.24, 2.45) is 0 Å². The minimum absolute atomic E-state index is 0.592. The molecule has 0 fully saturated rings. The third-order valence-electron chi connectivity index (χ3n) is 3.39. The van der Waals surface area contributed by atoms with Gasteiger partial charge in [-0.1, -0.05) is 32.8 Å². The van der Waals surface area contributed by atoms with Gasteiger partial charge >= 0.3 is 0 Å². The molecule has 3 nitrogen and oxygen atoms in total. The van der Waals surface area contributed by atoms with Gasteiger partial charge in [-0.25, -0.2) is 0 Å². The zero-order valence-corrected chi connectivity index (χ0v) is 14.4. The molecule has 21 heavy (non-hydrogen) atoms. The topological polar surface area (TPSA) is 38.3 Å². The number of nitrogens with one attached hydrogen (secondary N) is 1. The smallest absolute Gasteiger partial charge is 0.123 e. The summed E-state index contributed by atoms with van der Waals surface area (Å²) in [5.74, 6) is 2.22. The van der Waals surface area contributed by atoms with Crippen LogP contribution in [0.4, 0.5) is 0 Å². The summed E-state index contributed by atoms with van der Waals surface area (Å²) < 4.78 is 17.6. The van der Waals surface area contributed by atoms with E-state index in [-0.39, 0.29) is 0 Å². The highest BCUT2D eigenvalue weighted by Gasteiger charge is 2.09. The maximum Gasteiger partial charge on any atom is 0.123 e. The average Bonchev–Trinajstić information content (AvgIpc) is 2.48. The number of hydrogen-bond acceptors (Lipinski definition) is 3. The van der Waals surface area contributed by atoms with Gasteiger partial charge in [0.25, 0.3) is 0 Å². The molecular formula is C17H29NO2S. The summed E-state index contributed by atoms with van der Waals surface area (Å²) in [6, 6.07) is 6.19. The summed E-state index contributed by atoms with van der Waals surface area (Å²) in [5, 5.41) is 3.39. The summed E-state index contributed by atoms with van der Waals surface area (Å²) in [6.07, 6.45) is 4.50. The molecule has 0 aliphatic heterocycles. The predicted molar refractivity (Wildman–Crippen MR) is 91.2 cm³/mol. The second-order valence-electron chi connectivity index (χ2n) is 5.32. The predicted octanol–water partition coefficient (Wildman–Crippen LogP) is 3.63. The Kier molecular flexibility index (Phi) is 9.35. The van der Waals surface area contributed by atoms with Crippen molar-refractivity contribution >= 4 is 10.8 Å². The van der Waals surface area contributed by atoms with E-state index in [0.29, 0.717) is 5.75 Å². The molecular weight excluding hydrogens is 282 g/mol. The SMILES string of the molecule is CCCCCS(=O)Cc1cc(CNCCC)ccc1OC. The molecule has 1 aromatic rings. The molecule has 1 unspecified atom stereocenters. The van der Waals surface area contributed by atoms with Crippen LogP contribution in [0.5, 0.6) is 5.75 Å². The Morgan fingerprint density at radius 3 is 2.67 bits per heavy atom. The molecule has 0 aliphatic carbocycles. The average molecular weight is 311 g/mol. The fraction of sp³-hybridized carbons (Fsp3) is 0.647. The lowest BCUT2D eigenvalue weighted by Gasteiger charge is -2.11. The van der Waals surface area contributed by atoms with Crippen molar-refractivity contribution in [2.75, 3.05) is 19.4 Å². The largest absolute Gasteiger partial charge is 0.496 e. The zero-order valence-electron chi connectivity index (χ0n) is 13.6. The van der Waals surface area contributed by atoms with Crippen molar-refractivity contribution < 1.29 is 8.95 Å². The molecule has 1 rings (SSSR count). The maximum atomic E-state index is 12.2. The highest BCUT2D eigenvalue weighted by molar-refractivity contribution is 7.84. The van der Waals surface area contributed by atoms with Gasteiger partial charge in [-0.15, -0.1) is 0 Å². The van der Waals surface area contributed by atoms with Gasteiger partial charge in [0.05, 0.1) is 12.9 Å². The first-order valence-corrected chi connectivity index (χ1v) is 9.41. The van der Waals surface area contributed by atoms with Crippen LogP contribution in [0.1, 0.15) is 50.7 Å². The lowest BCUT2D eigenvalue weighted by molar-refractivity contribution is 0.411. The van der Waals surface area contributed by atoms with E-state index in [9.17, 15) is 4.21 Å². The summed E-state index contributed by atoms with van der Waals surface area (Å²) in [7, 11) is 0.874. The van der Waals surface area contributed by atoms with E-state index < -0.39 is 10.8 Å². The van der Waals surface area contributed by atoms with E-state index in [1.807, 2.05) is 6.07 Å². The Labute approximate surface area is 131 Å². The number of hydrogen-bond donors (Lipinski definition) is 1. The Hall–Kier alpha value is -0.870. The van der Waals surface area contributed by atoms with Crippen molar-refractivity contribution in [2.45, 2.75) is 51.8 Å². The second kappa shape index (κ2) is 10.8. The minimum atomic E-state index is -0.800. The van der Waals surface area contributed by atoms with E-state index in [1.54, 1.807) is 7.11 Å². The van der Waals surface area contributed by atoms with Gasteiger partial charge in [-0.2, -0.15) is 0 Å². The van der Waals surface area contributed by atoms with Crippen LogP contribution in [0.25, 0.3) is 0 Å². The van der Waals surface area contributed by atoms with Crippen molar-refractivity contribution in [3.8, 4) is 5.75 Å². The molecule has 0 radical (unpaired) electrons. The number of methoxy groups -OCH3 is 1. The standard InChI is InChI=1S/C17H29NO2S/c1-4-6-7-11-21(19)14-16-12-15(13-18-10-5-2)8-9-17(16)20-3/h8-9,12,18H,4-7,10-11,13-14H2,1-3H3. The Morgan fingerprint density at radius 2 is 2.00 bits per heavy atom. The molecule has 0 saturated carbocycles. The fourth-order valence-electron chi connectivity index (χ4n) is 2.22. The molecule has 1 aromatic carbocycles. The van der Waals surface area contributed by atoms with E-state index in [0.717, 1.165) is 49.4 Å². The number of benzene rings is 1. The van der Waals surface area contributed by atoms with Gasteiger partial charge in [0, 0.05) is 28.7 Å². The number of ether oxygens (including phenoxy) is 1. The minimum Gasteiger partial charge on any atom is -0.496 e. The normalized spacial score (nSPS) is 12.3. The van der Waals surface area contributed by atoms with Crippen molar-refractivity contribution in [3.05, 3.63) is 29.3 Å². The van der Waals surface area contributed by atoms with E-state index >= 15 is 0 Å². The van der Waals surface area contributed by atoms with Crippen molar-refractivity contribution in [1.29, 1.82) is 0 Å². The molecule has 4 heteroatoms. The van der Waals surface area contributed by atoms with Crippen LogP contribution in [0.2, 0.25) is 0 Å². The molecule has 1 atom stereocenters. The lowest BCUT2D eigenvalue weighted by Crippen LogP contribution is -2.14. The van der Waals surface area contributed by atoms with Crippen LogP contribution in [0, 0.1) is 0 Å². The zero-order chi connectivity index (χ0) is 15.5. The number of unbranched alkanes of at least 4 members (excludes halogenated alkanes) is 2. The highest BCUT2D eigenvalue weighted by atomic mass is 32.2. The summed E-state index contributed by atoms with van der Waals surface area (Å²) >= 11 is 0. The van der Waals surface area contributed by atoms with Gasteiger partial charge in [0.2, 0.25) is 0 Å². The summed E-state index contributed by atoms with van der Waals surface area (Å²) in [6.45, 7) is 6.20. The fourth-order valence-corrected chi connectivity index (χ4v) is 3.47. The van der Waals surface area contributed by atoms with Gasteiger partial charge < -0.3 is 10.1 Å².